The number of hydrogen-bond donors (Lipinski definition) is 3. The van der Waals surface area contributed by atoms with E-state index in [4.69, 9.17) is 16.3 Å². The minimum Gasteiger partial charge on any atom is -0.454 e. The number of H-pyrrole nitrogens is 1. The second kappa shape index (κ2) is 10.9. The molecule has 10 nitrogen and oxygen atoms in total. The fraction of sp³-hybridized carbons (Fsp3) is 0.261. The van der Waals surface area contributed by atoms with Crippen molar-refractivity contribution >= 4 is 56.0 Å². The van der Waals surface area contributed by atoms with Gasteiger partial charge in [0.25, 0.3) is 5.91 Å². The van der Waals surface area contributed by atoms with E-state index in [1.807, 2.05) is 24.3 Å². The Bertz CT molecular complexity index is 1370. The molecule has 186 valence electrons. The number of esters is 1. The number of para-hydroxylation sites is 1. The molecule has 0 spiro atoms. The average Bonchev–Trinajstić information content (AvgIpc) is 3.20. The number of amides is 2. The molecule has 0 saturated heterocycles. The smallest absolute Gasteiger partial charge is 0.329 e. The molecule has 2 amide bonds. The summed E-state index contributed by atoms with van der Waals surface area (Å²) >= 11 is 6.01. The first kappa shape index (κ1) is 26.2. The predicted octanol–water partition coefficient (Wildman–Crippen LogP) is 2.30. The fourth-order valence-electron chi connectivity index (χ4n) is 3.37. The van der Waals surface area contributed by atoms with Crippen molar-refractivity contribution in [2.45, 2.75) is 24.3 Å². The van der Waals surface area contributed by atoms with Gasteiger partial charge in [-0.25, -0.2) is 17.5 Å². The summed E-state index contributed by atoms with van der Waals surface area (Å²) in [6.07, 6.45) is 1.91. The third kappa shape index (κ3) is 6.38. The van der Waals surface area contributed by atoms with Crippen molar-refractivity contribution in [1.82, 2.24) is 14.6 Å². The first-order valence-electron chi connectivity index (χ1n) is 10.5. The Hall–Kier alpha value is -3.41. The van der Waals surface area contributed by atoms with E-state index in [1.165, 1.54) is 39.2 Å². The largest absolute Gasteiger partial charge is 0.454 e. The number of aromatic amines is 1. The maximum absolute atomic E-state index is 12.7. The van der Waals surface area contributed by atoms with Gasteiger partial charge in [-0.05, 0) is 29.8 Å². The second-order valence-electron chi connectivity index (χ2n) is 7.91. The van der Waals surface area contributed by atoms with E-state index in [2.05, 4.69) is 15.6 Å². The van der Waals surface area contributed by atoms with Crippen LogP contribution in [0.3, 0.4) is 0 Å². The van der Waals surface area contributed by atoms with Gasteiger partial charge in [0.1, 0.15) is 10.9 Å². The lowest BCUT2D eigenvalue weighted by Crippen LogP contribution is -2.43. The van der Waals surface area contributed by atoms with Crippen LogP contribution in [0.1, 0.15) is 12.5 Å². The number of fused-ring (bicyclic) bond motifs is 1. The lowest BCUT2D eigenvalue weighted by atomic mass is 10.0. The SMILES string of the molecule is CC(=O)NC(Cc1c[nH]c2ccccc12)C(=O)OCC(=O)Nc1ccc(Cl)c(S(=O)(=O)N(C)C)c1. The van der Waals surface area contributed by atoms with Crippen LogP contribution in [-0.2, 0) is 35.6 Å². The Morgan fingerprint density at radius 3 is 2.54 bits per heavy atom. The zero-order valence-corrected chi connectivity index (χ0v) is 20.9. The van der Waals surface area contributed by atoms with Crippen molar-refractivity contribution in [3.63, 3.8) is 0 Å². The summed E-state index contributed by atoms with van der Waals surface area (Å²) in [5, 5.41) is 5.93. The van der Waals surface area contributed by atoms with Crippen molar-refractivity contribution in [2.75, 3.05) is 26.0 Å². The first-order chi connectivity index (χ1) is 16.5. The standard InChI is InChI=1S/C23H25ClN4O6S/c1-14(29)26-20(10-15-12-25-19-7-5-4-6-17(15)19)23(31)34-13-22(30)27-16-8-9-18(24)21(11-16)35(32,33)28(2)3/h4-9,11-12,20,25H,10,13H2,1-3H3,(H,26,29)(H,27,30). The van der Waals surface area contributed by atoms with E-state index < -0.39 is 40.5 Å². The number of halogens is 1. The van der Waals surface area contributed by atoms with E-state index in [0.29, 0.717) is 0 Å². The van der Waals surface area contributed by atoms with E-state index >= 15 is 0 Å². The third-order valence-electron chi connectivity index (χ3n) is 5.08. The molecule has 1 aromatic heterocycles. The number of nitrogens with zero attached hydrogens (tertiary/aromatic N) is 1. The topological polar surface area (TPSA) is 138 Å². The molecular weight excluding hydrogens is 496 g/mol. The molecule has 3 rings (SSSR count). The molecule has 1 heterocycles. The van der Waals surface area contributed by atoms with Crippen LogP contribution in [0.2, 0.25) is 5.02 Å². The van der Waals surface area contributed by atoms with Gasteiger partial charge in [-0.3, -0.25) is 9.59 Å². The molecule has 0 aliphatic heterocycles. The van der Waals surface area contributed by atoms with E-state index in [0.717, 1.165) is 20.8 Å². The molecule has 1 atom stereocenters. The average molecular weight is 521 g/mol. The Labute approximate surface area is 207 Å². The minimum absolute atomic E-state index is 0.00134. The highest BCUT2D eigenvalue weighted by Crippen LogP contribution is 2.27. The van der Waals surface area contributed by atoms with Crippen LogP contribution in [0.15, 0.2) is 53.6 Å². The molecular formula is C23H25ClN4O6S. The highest BCUT2D eigenvalue weighted by molar-refractivity contribution is 7.89. The molecule has 0 saturated carbocycles. The van der Waals surface area contributed by atoms with Gasteiger partial charge >= 0.3 is 5.97 Å². The summed E-state index contributed by atoms with van der Waals surface area (Å²) in [4.78, 5) is 39.6. The van der Waals surface area contributed by atoms with Crippen LogP contribution >= 0.6 is 11.6 Å². The Morgan fingerprint density at radius 1 is 1.14 bits per heavy atom. The Morgan fingerprint density at radius 2 is 1.86 bits per heavy atom. The minimum atomic E-state index is -3.83. The maximum Gasteiger partial charge on any atom is 0.329 e. The van der Waals surface area contributed by atoms with Crippen LogP contribution in [0.25, 0.3) is 10.9 Å². The zero-order valence-electron chi connectivity index (χ0n) is 19.3. The molecule has 0 radical (unpaired) electrons. The van der Waals surface area contributed by atoms with E-state index in [-0.39, 0.29) is 22.0 Å². The van der Waals surface area contributed by atoms with Crippen molar-refractivity contribution in [3.05, 3.63) is 59.2 Å². The summed E-state index contributed by atoms with van der Waals surface area (Å²) in [5.74, 6) is -1.90. The zero-order chi connectivity index (χ0) is 25.8. The van der Waals surface area contributed by atoms with Crippen LogP contribution in [0, 0.1) is 0 Å². The first-order valence-corrected chi connectivity index (χ1v) is 12.3. The molecule has 3 aromatic rings. The second-order valence-corrected chi connectivity index (χ2v) is 10.4. The lowest BCUT2D eigenvalue weighted by molar-refractivity contribution is -0.150. The monoisotopic (exact) mass is 520 g/mol. The number of rotatable bonds is 9. The fourth-order valence-corrected chi connectivity index (χ4v) is 4.76. The van der Waals surface area contributed by atoms with Gasteiger partial charge < -0.3 is 20.4 Å². The molecule has 0 fully saturated rings. The van der Waals surface area contributed by atoms with Gasteiger partial charge in [0, 0.05) is 50.2 Å². The van der Waals surface area contributed by atoms with Crippen LogP contribution in [0.5, 0.6) is 0 Å². The molecule has 0 aliphatic rings. The van der Waals surface area contributed by atoms with Crippen molar-refractivity contribution in [3.8, 4) is 0 Å². The summed E-state index contributed by atoms with van der Waals surface area (Å²) in [6.45, 7) is 0.642. The van der Waals surface area contributed by atoms with Crippen molar-refractivity contribution < 1.29 is 27.5 Å². The number of nitrogens with one attached hydrogen (secondary N) is 3. The number of carbonyl (C=O) groups excluding carboxylic acids is 3. The van der Waals surface area contributed by atoms with Gasteiger partial charge in [-0.2, -0.15) is 0 Å². The Kier molecular flexibility index (Phi) is 8.15. The number of aromatic nitrogens is 1. The highest BCUT2D eigenvalue weighted by Gasteiger charge is 2.25. The Balaban J connectivity index is 1.66. The molecule has 3 N–H and O–H groups in total. The molecule has 35 heavy (non-hydrogen) atoms. The maximum atomic E-state index is 12.7. The number of hydrogen-bond acceptors (Lipinski definition) is 6. The van der Waals surface area contributed by atoms with Crippen LogP contribution < -0.4 is 10.6 Å². The molecule has 2 aromatic carbocycles. The molecule has 12 heteroatoms. The summed E-state index contributed by atoms with van der Waals surface area (Å²) in [6, 6.07) is 10.5. The number of carbonyl (C=O) groups is 3. The normalized spacial score (nSPS) is 12.4. The van der Waals surface area contributed by atoms with Gasteiger partial charge in [-0.1, -0.05) is 29.8 Å². The van der Waals surface area contributed by atoms with Crippen molar-refractivity contribution in [1.29, 1.82) is 0 Å². The van der Waals surface area contributed by atoms with Gasteiger partial charge in [0.15, 0.2) is 6.61 Å². The van der Waals surface area contributed by atoms with Gasteiger partial charge in [0.2, 0.25) is 15.9 Å². The summed E-state index contributed by atoms with van der Waals surface area (Å²) in [5.41, 5.74) is 1.85. The predicted molar refractivity (Wildman–Crippen MR) is 132 cm³/mol. The van der Waals surface area contributed by atoms with E-state index in [1.54, 1.807) is 6.20 Å². The molecule has 1 unspecified atom stereocenters. The lowest BCUT2D eigenvalue weighted by Gasteiger charge is -2.17. The number of anilines is 1. The number of ether oxygens (including phenoxy) is 1. The van der Waals surface area contributed by atoms with Crippen LogP contribution in [0.4, 0.5) is 5.69 Å². The quantitative estimate of drug-likeness (QED) is 0.370. The molecule has 0 aliphatic carbocycles. The van der Waals surface area contributed by atoms with Gasteiger partial charge in [-0.15, -0.1) is 0 Å². The van der Waals surface area contributed by atoms with Crippen LogP contribution in [-0.4, -0.2) is 62.2 Å². The van der Waals surface area contributed by atoms with Gasteiger partial charge in [0.05, 0.1) is 5.02 Å². The van der Waals surface area contributed by atoms with E-state index in [9.17, 15) is 22.8 Å². The summed E-state index contributed by atoms with van der Waals surface area (Å²) in [7, 11) is -1.11. The highest BCUT2D eigenvalue weighted by atomic mass is 35.5. The molecule has 0 bridgehead atoms. The summed E-state index contributed by atoms with van der Waals surface area (Å²) < 4.78 is 30.9. The van der Waals surface area contributed by atoms with Crippen molar-refractivity contribution in [2.24, 2.45) is 0 Å². The number of sulfonamides is 1. The third-order valence-corrected chi connectivity index (χ3v) is 7.38. The number of benzene rings is 2.